The number of hydrogen-bond donors (Lipinski definition) is 2. The molecule has 0 aliphatic carbocycles. The van der Waals surface area contributed by atoms with Gasteiger partial charge in [-0.2, -0.15) is 0 Å². The number of rotatable bonds is 5. The topological polar surface area (TPSA) is 124 Å². The summed E-state index contributed by atoms with van der Waals surface area (Å²) in [5.41, 5.74) is 0. The lowest BCUT2D eigenvalue weighted by Crippen LogP contribution is -2.49. The first kappa shape index (κ1) is 15.6. The number of carboxylic acid groups (broad SMARTS) is 1. The first-order valence-corrected chi connectivity index (χ1v) is 5.82. The fourth-order valence-electron chi connectivity index (χ4n) is 1.63. The van der Waals surface area contributed by atoms with Crippen LogP contribution in [0.15, 0.2) is 0 Å². The standard InChI is InChI=1S/C11H15N3O6/c1-5(2)7(10(18)19)12-6(15)4-14-9(17)8(16)13(3)11(14)20/h5,7H,4H2,1-3H3,(H,12,15)(H,18,19)/t7-/m1/s1. The molecule has 0 radical (unpaired) electrons. The van der Waals surface area contributed by atoms with Crippen molar-refractivity contribution in [2.24, 2.45) is 5.92 Å². The van der Waals surface area contributed by atoms with E-state index in [-0.39, 0.29) is 5.92 Å². The highest BCUT2D eigenvalue weighted by Crippen LogP contribution is 2.09. The molecule has 1 saturated heterocycles. The van der Waals surface area contributed by atoms with Crippen molar-refractivity contribution in [1.29, 1.82) is 0 Å². The van der Waals surface area contributed by atoms with Crippen LogP contribution in [0.2, 0.25) is 0 Å². The average molecular weight is 285 g/mol. The summed E-state index contributed by atoms with van der Waals surface area (Å²) in [6, 6.07) is -2.05. The van der Waals surface area contributed by atoms with E-state index in [1.165, 1.54) is 0 Å². The smallest absolute Gasteiger partial charge is 0.334 e. The lowest BCUT2D eigenvalue weighted by Gasteiger charge is -2.19. The number of carbonyl (C=O) groups is 5. The molecule has 0 unspecified atom stereocenters. The van der Waals surface area contributed by atoms with Gasteiger partial charge < -0.3 is 10.4 Å². The van der Waals surface area contributed by atoms with E-state index < -0.39 is 42.3 Å². The number of nitrogens with zero attached hydrogens (tertiary/aromatic N) is 2. The van der Waals surface area contributed by atoms with Crippen LogP contribution in [0.3, 0.4) is 0 Å². The van der Waals surface area contributed by atoms with Gasteiger partial charge in [-0.1, -0.05) is 13.8 Å². The molecule has 1 fully saturated rings. The summed E-state index contributed by atoms with van der Waals surface area (Å²) in [6.07, 6.45) is 0. The molecule has 2 N–H and O–H groups in total. The highest BCUT2D eigenvalue weighted by Gasteiger charge is 2.43. The Morgan fingerprint density at radius 2 is 1.75 bits per heavy atom. The van der Waals surface area contributed by atoms with Gasteiger partial charge in [-0.3, -0.25) is 19.3 Å². The van der Waals surface area contributed by atoms with Gasteiger partial charge in [0.1, 0.15) is 12.6 Å². The van der Waals surface area contributed by atoms with Crippen molar-refractivity contribution in [3.8, 4) is 0 Å². The van der Waals surface area contributed by atoms with Crippen LogP contribution in [0, 0.1) is 5.92 Å². The van der Waals surface area contributed by atoms with Gasteiger partial charge in [0.25, 0.3) is 0 Å². The van der Waals surface area contributed by atoms with Crippen molar-refractivity contribution in [3.05, 3.63) is 0 Å². The monoisotopic (exact) mass is 285 g/mol. The lowest BCUT2D eigenvalue weighted by atomic mass is 10.0. The molecule has 1 aliphatic heterocycles. The van der Waals surface area contributed by atoms with Gasteiger partial charge in [0.2, 0.25) is 5.91 Å². The molecule has 110 valence electrons. The molecular formula is C11H15N3O6. The number of likely N-dealkylation sites (N-methyl/N-ethyl adjacent to an activating group) is 1. The molecule has 0 aromatic carbocycles. The molecule has 1 rings (SSSR count). The number of imide groups is 2. The third kappa shape index (κ3) is 2.92. The second-order valence-electron chi connectivity index (χ2n) is 4.67. The Hall–Kier alpha value is -2.45. The predicted octanol–water partition coefficient (Wildman–Crippen LogP) is -1.37. The fourth-order valence-corrected chi connectivity index (χ4v) is 1.63. The van der Waals surface area contributed by atoms with E-state index in [0.29, 0.717) is 9.80 Å². The number of amides is 5. The highest BCUT2D eigenvalue weighted by atomic mass is 16.4. The Morgan fingerprint density at radius 3 is 2.10 bits per heavy atom. The summed E-state index contributed by atoms with van der Waals surface area (Å²) < 4.78 is 0. The highest BCUT2D eigenvalue weighted by molar-refractivity contribution is 6.44. The van der Waals surface area contributed by atoms with Gasteiger partial charge in [0.05, 0.1) is 0 Å². The van der Waals surface area contributed by atoms with Crippen molar-refractivity contribution in [1.82, 2.24) is 15.1 Å². The molecule has 1 atom stereocenters. The summed E-state index contributed by atoms with van der Waals surface area (Å²) >= 11 is 0. The summed E-state index contributed by atoms with van der Waals surface area (Å²) in [6.45, 7) is 2.51. The molecule has 9 heteroatoms. The van der Waals surface area contributed by atoms with E-state index in [1.807, 2.05) is 0 Å². The largest absolute Gasteiger partial charge is 0.480 e. The van der Waals surface area contributed by atoms with Crippen molar-refractivity contribution in [2.75, 3.05) is 13.6 Å². The summed E-state index contributed by atoms with van der Waals surface area (Å²) in [4.78, 5) is 57.8. The Balaban J connectivity index is 2.72. The zero-order chi connectivity index (χ0) is 15.6. The van der Waals surface area contributed by atoms with Gasteiger partial charge in [0, 0.05) is 7.05 Å². The molecule has 5 amide bonds. The molecule has 0 spiro atoms. The SMILES string of the molecule is CC(C)[C@@H](NC(=O)CN1C(=O)C(=O)N(C)C1=O)C(=O)O. The minimum atomic E-state index is -1.22. The summed E-state index contributed by atoms with van der Waals surface area (Å²) in [7, 11) is 1.12. The van der Waals surface area contributed by atoms with Crippen LogP contribution < -0.4 is 5.32 Å². The molecule has 9 nitrogen and oxygen atoms in total. The number of hydrogen-bond acceptors (Lipinski definition) is 5. The number of urea groups is 1. The number of carbonyl (C=O) groups excluding carboxylic acids is 4. The number of nitrogens with one attached hydrogen (secondary N) is 1. The van der Waals surface area contributed by atoms with Gasteiger partial charge in [0.15, 0.2) is 0 Å². The number of aliphatic carboxylic acids is 1. The maximum absolute atomic E-state index is 11.7. The van der Waals surface area contributed by atoms with Crippen LogP contribution in [0.25, 0.3) is 0 Å². The second-order valence-corrected chi connectivity index (χ2v) is 4.67. The Labute approximate surface area is 114 Å². The molecule has 20 heavy (non-hydrogen) atoms. The normalized spacial score (nSPS) is 16.9. The van der Waals surface area contributed by atoms with E-state index in [9.17, 15) is 24.0 Å². The van der Waals surface area contributed by atoms with Crippen molar-refractivity contribution in [3.63, 3.8) is 0 Å². The number of carboxylic acids is 1. The van der Waals surface area contributed by atoms with Gasteiger partial charge in [-0.05, 0) is 5.92 Å². The quantitative estimate of drug-likeness (QED) is 0.474. The molecule has 0 saturated carbocycles. The lowest BCUT2D eigenvalue weighted by molar-refractivity contribution is -0.145. The average Bonchev–Trinajstić information content (AvgIpc) is 2.53. The van der Waals surface area contributed by atoms with E-state index >= 15 is 0 Å². The molecule has 1 heterocycles. The van der Waals surface area contributed by atoms with E-state index in [0.717, 1.165) is 7.05 Å². The van der Waals surface area contributed by atoms with Crippen molar-refractivity contribution < 1.29 is 29.1 Å². The first-order valence-electron chi connectivity index (χ1n) is 5.82. The molecule has 1 aliphatic rings. The Bertz CT molecular complexity index is 487. The van der Waals surface area contributed by atoms with Crippen LogP contribution in [0.1, 0.15) is 13.8 Å². The Morgan fingerprint density at radius 1 is 1.20 bits per heavy atom. The van der Waals surface area contributed by atoms with E-state index in [1.54, 1.807) is 13.8 Å². The third-order valence-electron chi connectivity index (χ3n) is 2.80. The fraction of sp³-hybridized carbons (Fsp3) is 0.545. The zero-order valence-electron chi connectivity index (χ0n) is 11.2. The molecule has 0 aromatic rings. The van der Waals surface area contributed by atoms with Gasteiger partial charge in [-0.15, -0.1) is 0 Å². The molecule has 0 aromatic heterocycles. The minimum absolute atomic E-state index is 0.370. The van der Waals surface area contributed by atoms with Crippen LogP contribution in [0.5, 0.6) is 0 Å². The maximum atomic E-state index is 11.7. The summed E-state index contributed by atoms with van der Waals surface area (Å²) in [5.74, 6) is -4.55. The molecule has 0 bridgehead atoms. The first-order chi connectivity index (χ1) is 9.16. The summed E-state index contributed by atoms with van der Waals surface area (Å²) in [5, 5.41) is 11.1. The van der Waals surface area contributed by atoms with Crippen LogP contribution in [-0.2, 0) is 19.2 Å². The van der Waals surface area contributed by atoms with Crippen LogP contribution >= 0.6 is 0 Å². The zero-order valence-corrected chi connectivity index (χ0v) is 11.2. The van der Waals surface area contributed by atoms with Gasteiger partial charge >= 0.3 is 23.8 Å². The van der Waals surface area contributed by atoms with Gasteiger partial charge in [-0.25, -0.2) is 14.5 Å². The van der Waals surface area contributed by atoms with Crippen molar-refractivity contribution >= 4 is 29.7 Å². The van der Waals surface area contributed by atoms with Crippen LogP contribution in [0.4, 0.5) is 4.79 Å². The predicted molar refractivity (Wildman–Crippen MR) is 64.3 cm³/mol. The Kier molecular flexibility index (Phi) is 4.43. The third-order valence-corrected chi connectivity index (χ3v) is 2.80. The van der Waals surface area contributed by atoms with Crippen LogP contribution in [-0.4, -0.2) is 64.3 Å². The van der Waals surface area contributed by atoms with E-state index in [4.69, 9.17) is 5.11 Å². The van der Waals surface area contributed by atoms with E-state index in [2.05, 4.69) is 5.32 Å². The minimum Gasteiger partial charge on any atom is -0.480 e. The van der Waals surface area contributed by atoms with Crippen molar-refractivity contribution in [2.45, 2.75) is 19.9 Å². The molecular weight excluding hydrogens is 270 g/mol. The maximum Gasteiger partial charge on any atom is 0.334 e. The second kappa shape index (κ2) is 5.68.